The number of rotatable bonds is 4. The number of guanidine groups is 1. The summed E-state index contributed by atoms with van der Waals surface area (Å²) in [6.07, 6.45) is 2.79. The van der Waals surface area contributed by atoms with Gasteiger partial charge in [0.15, 0.2) is 5.96 Å². The van der Waals surface area contributed by atoms with E-state index in [9.17, 15) is 0 Å². The van der Waals surface area contributed by atoms with Gasteiger partial charge in [0.1, 0.15) is 5.76 Å². The molecule has 0 aliphatic carbocycles. The first-order chi connectivity index (χ1) is 10.8. The maximum Gasteiger partial charge on any atom is 0.191 e. The van der Waals surface area contributed by atoms with Crippen molar-refractivity contribution in [1.29, 1.82) is 0 Å². The van der Waals surface area contributed by atoms with Crippen LogP contribution >= 0.6 is 0 Å². The van der Waals surface area contributed by atoms with Crippen LogP contribution in [-0.4, -0.2) is 32.1 Å². The summed E-state index contributed by atoms with van der Waals surface area (Å²) in [5, 5.41) is 6.76. The Bertz CT molecular complexity index is 594. The van der Waals surface area contributed by atoms with Gasteiger partial charge in [-0.2, -0.15) is 0 Å². The van der Waals surface area contributed by atoms with Gasteiger partial charge in [-0.3, -0.25) is 4.99 Å². The maximum absolute atomic E-state index is 5.32. The summed E-state index contributed by atoms with van der Waals surface area (Å²) in [4.78, 5) is 6.68. The van der Waals surface area contributed by atoms with E-state index >= 15 is 0 Å². The van der Waals surface area contributed by atoms with E-state index in [1.165, 1.54) is 5.69 Å². The first-order valence-electron chi connectivity index (χ1n) is 7.65. The summed E-state index contributed by atoms with van der Waals surface area (Å²) < 4.78 is 5.32. The van der Waals surface area contributed by atoms with Gasteiger partial charge in [0, 0.05) is 31.9 Å². The smallest absolute Gasteiger partial charge is 0.191 e. The van der Waals surface area contributed by atoms with Crippen LogP contribution in [0.2, 0.25) is 0 Å². The van der Waals surface area contributed by atoms with E-state index in [0.717, 1.165) is 31.2 Å². The molecule has 116 valence electrons. The Morgan fingerprint density at radius 1 is 1.27 bits per heavy atom. The molecule has 5 heteroatoms. The fraction of sp³-hybridized carbons (Fsp3) is 0.353. The topological polar surface area (TPSA) is 52.8 Å². The Morgan fingerprint density at radius 3 is 2.86 bits per heavy atom. The van der Waals surface area contributed by atoms with Crippen molar-refractivity contribution < 1.29 is 4.42 Å². The van der Waals surface area contributed by atoms with E-state index in [2.05, 4.69) is 50.9 Å². The third-order valence-electron chi connectivity index (χ3n) is 3.88. The number of para-hydroxylation sites is 1. The van der Waals surface area contributed by atoms with Crippen LogP contribution in [0, 0.1) is 0 Å². The fourth-order valence-electron chi connectivity index (χ4n) is 2.72. The van der Waals surface area contributed by atoms with Crippen molar-refractivity contribution >= 4 is 11.6 Å². The van der Waals surface area contributed by atoms with Gasteiger partial charge < -0.3 is 20.0 Å². The summed E-state index contributed by atoms with van der Waals surface area (Å²) >= 11 is 0. The van der Waals surface area contributed by atoms with Crippen molar-refractivity contribution in [1.82, 2.24) is 10.6 Å². The number of nitrogens with one attached hydrogen (secondary N) is 2. The van der Waals surface area contributed by atoms with Gasteiger partial charge in [0.2, 0.25) is 0 Å². The molecule has 2 aromatic rings. The summed E-state index contributed by atoms with van der Waals surface area (Å²) in [5.41, 5.74) is 1.28. The second kappa shape index (κ2) is 7.02. The van der Waals surface area contributed by atoms with E-state index in [0.29, 0.717) is 12.6 Å². The molecule has 1 aromatic carbocycles. The Kier molecular flexibility index (Phi) is 4.63. The second-order valence-electron chi connectivity index (χ2n) is 5.42. The van der Waals surface area contributed by atoms with E-state index in [-0.39, 0.29) is 0 Å². The Balaban J connectivity index is 1.50. The van der Waals surface area contributed by atoms with Crippen LogP contribution in [0.3, 0.4) is 0 Å². The molecule has 0 saturated carbocycles. The van der Waals surface area contributed by atoms with Gasteiger partial charge >= 0.3 is 0 Å². The molecule has 22 heavy (non-hydrogen) atoms. The van der Waals surface area contributed by atoms with Gasteiger partial charge in [0.05, 0.1) is 12.8 Å². The number of hydrogen-bond acceptors (Lipinski definition) is 3. The predicted molar refractivity (Wildman–Crippen MR) is 89.1 cm³/mol. The highest BCUT2D eigenvalue weighted by Gasteiger charge is 2.23. The van der Waals surface area contributed by atoms with Crippen molar-refractivity contribution in [2.45, 2.75) is 19.0 Å². The molecule has 1 aromatic heterocycles. The third-order valence-corrected chi connectivity index (χ3v) is 3.88. The number of aliphatic imine (C=N–C) groups is 1. The van der Waals surface area contributed by atoms with Gasteiger partial charge in [-0.25, -0.2) is 0 Å². The Labute approximate surface area is 131 Å². The molecule has 2 heterocycles. The molecule has 1 saturated heterocycles. The normalized spacial score (nSPS) is 18.5. The van der Waals surface area contributed by atoms with Crippen LogP contribution in [0.1, 0.15) is 12.2 Å². The zero-order chi connectivity index (χ0) is 15.2. The minimum atomic E-state index is 0.406. The summed E-state index contributed by atoms with van der Waals surface area (Å²) in [6.45, 7) is 2.70. The molecule has 3 rings (SSSR count). The minimum absolute atomic E-state index is 0.406. The van der Waals surface area contributed by atoms with Crippen LogP contribution in [0.15, 0.2) is 58.1 Å². The molecule has 1 fully saturated rings. The average Bonchev–Trinajstić information content (AvgIpc) is 3.24. The summed E-state index contributed by atoms with van der Waals surface area (Å²) in [5.74, 6) is 1.72. The molecule has 5 nitrogen and oxygen atoms in total. The van der Waals surface area contributed by atoms with Crippen molar-refractivity contribution in [3.05, 3.63) is 54.5 Å². The number of nitrogens with zero attached hydrogens (tertiary/aromatic N) is 2. The van der Waals surface area contributed by atoms with E-state index in [4.69, 9.17) is 4.42 Å². The molecule has 1 atom stereocenters. The van der Waals surface area contributed by atoms with Gasteiger partial charge in [0.25, 0.3) is 0 Å². The Morgan fingerprint density at radius 2 is 2.14 bits per heavy atom. The maximum atomic E-state index is 5.32. The largest absolute Gasteiger partial charge is 0.467 e. The lowest BCUT2D eigenvalue weighted by Crippen LogP contribution is -2.44. The molecule has 0 bridgehead atoms. The standard InChI is InChI=1S/C17H22N4O/c1-18-17(19-12-16-8-5-11-22-16)20-14-9-10-21(13-14)15-6-3-2-4-7-15/h2-8,11,14H,9-10,12-13H2,1H3,(H2,18,19,20). The highest BCUT2D eigenvalue weighted by molar-refractivity contribution is 5.80. The average molecular weight is 298 g/mol. The SMILES string of the molecule is CN=C(NCc1ccco1)NC1CCN(c2ccccc2)C1. The first kappa shape index (κ1) is 14.5. The lowest BCUT2D eigenvalue weighted by Gasteiger charge is -2.20. The zero-order valence-electron chi connectivity index (χ0n) is 12.8. The molecular formula is C17H22N4O. The van der Waals surface area contributed by atoms with E-state index < -0.39 is 0 Å². The van der Waals surface area contributed by atoms with E-state index in [1.807, 2.05) is 12.1 Å². The molecule has 0 spiro atoms. The van der Waals surface area contributed by atoms with Crippen LogP contribution in [0.5, 0.6) is 0 Å². The first-order valence-corrected chi connectivity index (χ1v) is 7.65. The molecular weight excluding hydrogens is 276 g/mol. The monoisotopic (exact) mass is 298 g/mol. The molecule has 1 aliphatic rings. The van der Waals surface area contributed by atoms with Crippen molar-refractivity contribution in [2.75, 3.05) is 25.0 Å². The zero-order valence-corrected chi connectivity index (χ0v) is 12.8. The second-order valence-corrected chi connectivity index (χ2v) is 5.42. The molecule has 1 aliphatic heterocycles. The van der Waals surface area contributed by atoms with Crippen LogP contribution < -0.4 is 15.5 Å². The van der Waals surface area contributed by atoms with Crippen molar-refractivity contribution in [3.8, 4) is 0 Å². The summed E-state index contributed by atoms with van der Waals surface area (Å²) in [6, 6.07) is 14.8. The molecule has 1 unspecified atom stereocenters. The summed E-state index contributed by atoms with van der Waals surface area (Å²) in [7, 11) is 1.79. The molecule has 2 N–H and O–H groups in total. The Hall–Kier alpha value is -2.43. The van der Waals surface area contributed by atoms with Crippen molar-refractivity contribution in [3.63, 3.8) is 0 Å². The number of furan rings is 1. The molecule has 0 radical (unpaired) electrons. The highest BCUT2D eigenvalue weighted by atomic mass is 16.3. The lowest BCUT2D eigenvalue weighted by molar-refractivity contribution is 0.500. The lowest BCUT2D eigenvalue weighted by atomic mass is 10.3. The minimum Gasteiger partial charge on any atom is -0.467 e. The van der Waals surface area contributed by atoms with Crippen molar-refractivity contribution in [2.24, 2.45) is 4.99 Å². The van der Waals surface area contributed by atoms with Crippen LogP contribution in [0.25, 0.3) is 0 Å². The van der Waals surface area contributed by atoms with Gasteiger partial charge in [-0.1, -0.05) is 18.2 Å². The number of anilines is 1. The van der Waals surface area contributed by atoms with Gasteiger partial charge in [-0.15, -0.1) is 0 Å². The highest BCUT2D eigenvalue weighted by Crippen LogP contribution is 2.19. The number of benzene rings is 1. The van der Waals surface area contributed by atoms with E-state index in [1.54, 1.807) is 13.3 Å². The fourth-order valence-corrected chi connectivity index (χ4v) is 2.72. The predicted octanol–water partition coefficient (Wildman–Crippen LogP) is 2.22. The van der Waals surface area contributed by atoms with Crippen LogP contribution in [-0.2, 0) is 6.54 Å². The number of hydrogen-bond donors (Lipinski definition) is 2. The quantitative estimate of drug-likeness (QED) is 0.671. The molecule has 0 amide bonds. The van der Waals surface area contributed by atoms with Crippen LogP contribution in [0.4, 0.5) is 5.69 Å². The third kappa shape index (κ3) is 3.61. The van der Waals surface area contributed by atoms with Gasteiger partial charge in [-0.05, 0) is 30.7 Å².